The average molecular weight is 365 g/mol. The molecule has 2 rings (SSSR count). The van der Waals surface area contributed by atoms with E-state index >= 15 is 0 Å². The smallest absolute Gasteiger partial charge is 0.349 e. The van der Waals surface area contributed by atoms with Gasteiger partial charge < -0.3 is 10.6 Å². The largest absolute Gasteiger partial charge is 0.416 e. The monoisotopic (exact) mass is 364 g/mol. The lowest BCUT2D eigenvalue weighted by Gasteiger charge is -2.28. The first-order valence-corrected chi connectivity index (χ1v) is 7.97. The minimum Gasteiger partial charge on any atom is -0.349 e. The maximum atomic E-state index is 12.7. The molecule has 1 atom stereocenters. The van der Waals surface area contributed by atoms with E-state index in [-0.39, 0.29) is 36.2 Å². The third-order valence-corrected chi connectivity index (χ3v) is 4.27. The van der Waals surface area contributed by atoms with Gasteiger partial charge in [0, 0.05) is 5.92 Å². The lowest BCUT2D eigenvalue weighted by atomic mass is 9.92. The van der Waals surface area contributed by atoms with Gasteiger partial charge in [-0.3, -0.25) is 4.79 Å². The lowest BCUT2D eigenvalue weighted by molar-refractivity contribution is -0.137. The van der Waals surface area contributed by atoms with Crippen LogP contribution in [-0.4, -0.2) is 19.0 Å². The Labute approximate surface area is 146 Å². The highest BCUT2D eigenvalue weighted by Crippen LogP contribution is 2.31. The lowest BCUT2D eigenvalue weighted by Crippen LogP contribution is -2.40. The van der Waals surface area contributed by atoms with Gasteiger partial charge in [0.2, 0.25) is 5.91 Å². The van der Waals surface area contributed by atoms with Crippen LogP contribution in [0.1, 0.15) is 43.9 Å². The zero-order valence-electron chi connectivity index (χ0n) is 13.8. The molecule has 0 radical (unpaired) electrons. The van der Waals surface area contributed by atoms with Crippen molar-refractivity contribution in [1.82, 2.24) is 10.6 Å². The quantitative estimate of drug-likeness (QED) is 0.849. The molecule has 0 aliphatic carbocycles. The topological polar surface area (TPSA) is 41.1 Å². The zero-order chi connectivity index (χ0) is 17.0. The van der Waals surface area contributed by atoms with Crippen molar-refractivity contribution in [3.05, 3.63) is 35.4 Å². The Bertz CT molecular complexity index is 526. The number of hydrogen-bond donors (Lipinski definition) is 2. The van der Waals surface area contributed by atoms with Crippen LogP contribution in [0.15, 0.2) is 24.3 Å². The van der Waals surface area contributed by atoms with Crippen molar-refractivity contribution in [1.29, 1.82) is 0 Å². The van der Waals surface area contributed by atoms with Crippen LogP contribution < -0.4 is 10.6 Å². The van der Waals surface area contributed by atoms with E-state index in [9.17, 15) is 18.0 Å². The molecule has 136 valence electrons. The van der Waals surface area contributed by atoms with Crippen molar-refractivity contribution in [2.75, 3.05) is 13.1 Å². The Morgan fingerprint density at radius 1 is 1.17 bits per heavy atom. The van der Waals surface area contributed by atoms with Gasteiger partial charge in [-0.25, -0.2) is 0 Å². The van der Waals surface area contributed by atoms with Crippen LogP contribution in [0.25, 0.3) is 0 Å². The summed E-state index contributed by atoms with van der Waals surface area (Å²) in [5.74, 6) is 0.0643. The summed E-state index contributed by atoms with van der Waals surface area (Å²) in [4.78, 5) is 12.4. The Hall–Kier alpha value is -1.27. The summed E-state index contributed by atoms with van der Waals surface area (Å²) in [5, 5.41) is 6.22. The number of nitrogens with one attached hydrogen (secondary N) is 2. The second kappa shape index (κ2) is 8.72. The van der Waals surface area contributed by atoms with Gasteiger partial charge in [0.25, 0.3) is 0 Å². The molecule has 1 aromatic carbocycles. The van der Waals surface area contributed by atoms with Crippen molar-refractivity contribution >= 4 is 18.3 Å². The van der Waals surface area contributed by atoms with Crippen molar-refractivity contribution in [3.8, 4) is 0 Å². The van der Waals surface area contributed by atoms with Crippen molar-refractivity contribution < 1.29 is 18.0 Å². The standard InChI is InChI=1S/C17H23F3N2O.ClH/c1-11(2)15(22-16(23)13-7-9-21-10-8-13)12-3-5-14(6-4-12)17(18,19)20;/h3-6,11,13,15,21H,7-10H2,1-2H3,(H,22,23);1H. The molecule has 1 aromatic rings. The molecule has 0 aromatic heterocycles. The van der Waals surface area contributed by atoms with Gasteiger partial charge in [0.15, 0.2) is 0 Å². The maximum absolute atomic E-state index is 12.7. The molecule has 0 spiro atoms. The number of piperidine rings is 1. The van der Waals surface area contributed by atoms with E-state index < -0.39 is 11.7 Å². The molecular formula is C17H24ClF3N2O. The summed E-state index contributed by atoms with van der Waals surface area (Å²) >= 11 is 0. The Morgan fingerprint density at radius 2 is 1.71 bits per heavy atom. The van der Waals surface area contributed by atoms with Crippen molar-refractivity contribution in [2.24, 2.45) is 11.8 Å². The number of carbonyl (C=O) groups is 1. The molecule has 1 heterocycles. The van der Waals surface area contributed by atoms with Crippen LogP contribution in [0.4, 0.5) is 13.2 Å². The number of rotatable bonds is 4. The van der Waals surface area contributed by atoms with E-state index in [2.05, 4.69) is 10.6 Å². The molecule has 1 unspecified atom stereocenters. The molecule has 7 heteroatoms. The summed E-state index contributed by atoms with van der Waals surface area (Å²) in [7, 11) is 0. The van der Waals surface area contributed by atoms with Crippen LogP contribution >= 0.6 is 12.4 Å². The van der Waals surface area contributed by atoms with Crippen LogP contribution in [-0.2, 0) is 11.0 Å². The Balaban J connectivity index is 0.00000288. The summed E-state index contributed by atoms with van der Waals surface area (Å²) in [5.41, 5.74) is 0.0312. The molecule has 24 heavy (non-hydrogen) atoms. The summed E-state index contributed by atoms with van der Waals surface area (Å²) in [6.45, 7) is 5.55. The number of carbonyl (C=O) groups excluding carboxylic acids is 1. The van der Waals surface area contributed by atoms with Crippen LogP contribution in [0, 0.1) is 11.8 Å². The average Bonchev–Trinajstić information content (AvgIpc) is 2.52. The highest BCUT2D eigenvalue weighted by molar-refractivity contribution is 5.85. The number of amides is 1. The second-order valence-corrected chi connectivity index (χ2v) is 6.37. The fraction of sp³-hybridized carbons (Fsp3) is 0.588. The highest BCUT2D eigenvalue weighted by atomic mass is 35.5. The van der Waals surface area contributed by atoms with E-state index in [0.29, 0.717) is 5.56 Å². The predicted octanol–water partition coefficient (Wildman–Crippen LogP) is 3.94. The first kappa shape index (κ1) is 20.8. The minimum absolute atomic E-state index is 0. The third-order valence-electron chi connectivity index (χ3n) is 4.27. The van der Waals surface area contributed by atoms with E-state index in [1.54, 1.807) is 0 Å². The van der Waals surface area contributed by atoms with E-state index in [1.165, 1.54) is 12.1 Å². The SMILES string of the molecule is CC(C)C(NC(=O)C1CCNCC1)c1ccc(C(F)(F)F)cc1.Cl. The molecule has 1 fully saturated rings. The number of halogens is 4. The van der Waals surface area contributed by atoms with Gasteiger partial charge in [-0.1, -0.05) is 26.0 Å². The van der Waals surface area contributed by atoms with Gasteiger partial charge in [-0.15, -0.1) is 12.4 Å². The van der Waals surface area contributed by atoms with Crippen LogP contribution in [0.3, 0.4) is 0 Å². The van der Waals surface area contributed by atoms with Gasteiger partial charge in [-0.05, 0) is 49.5 Å². The maximum Gasteiger partial charge on any atom is 0.416 e. The Morgan fingerprint density at radius 3 is 2.17 bits per heavy atom. The molecule has 3 nitrogen and oxygen atoms in total. The third kappa shape index (κ3) is 5.38. The van der Waals surface area contributed by atoms with Gasteiger partial charge in [0.05, 0.1) is 11.6 Å². The molecule has 2 N–H and O–H groups in total. The van der Waals surface area contributed by atoms with Gasteiger partial charge in [-0.2, -0.15) is 13.2 Å². The molecule has 0 saturated carbocycles. The molecule has 1 aliphatic rings. The fourth-order valence-corrected chi connectivity index (χ4v) is 2.87. The van der Waals surface area contributed by atoms with Crippen LogP contribution in [0.5, 0.6) is 0 Å². The number of hydrogen-bond acceptors (Lipinski definition) is 2. The summed E-state index contributed by atoms with van der Waals surface area (Å²) < 4.78 is 38.0. The normalized spacial score (nSPS) is 17.2. The molecule has 1 amide bonds. The second-order valence-electron chi connectivity index (χ2n) is 6.37. The molecule has 1 saturated heterocycles. The van der Waals surface area contributed by atoms with Crippen LogP contribution in [0.2, 0.25) is 0 Å². The summed E-state index contributed by atoms with van der Waals surface area (Å²) in [6.07, 6.45) is -2.75. The molecule has 1 aliphatic heterocycles. The number of benzene rings is 1. The Kier molecular flexibility index (Phi) is 7.55. The predicted molar refractivity (Wildman–Crippen MR) is 90.0 cm³/mol. The van der Waals surface area contributed by atoms with Crippen molar-refractivity contribution in [3.63, 3.8) is 0 Å². The number of alkyl halides is 3. The van der Waals surface area contributed by atoms with E-state index in [1.807, 2.05) is 13.8 Å². The first-order valence-electron chi connectivity index (χ1n) is 7.97. The fourth-order valence-electron chi connectivity index (χ4n) is 2.87. The van der Waals surface area contributed by atoms with Gasteiger partial charge >= 0.3 is 6.18 Å². The highest BCUT2D eigenvalue weighted by Gasteiger charge is 2.31. The molecular weight excluding hydrogens is 341 g/mol. The summed E-state index contributed by atoms with van der Waals surface area (Å²) in [6, 6.07) is 4.77. The van der Waals surface area contributed by atoms with E-state index in [4.69, 9.17) is 0 Å². The molecule has 0 bridgehead atoms. The van der Waals surface area contributed by atoms with Gasteiger partial charge in [0.1, 0.15) is 0 Å². The minimum atomic E-state index is -4.34. The van der Waals surface area contributed by atoms with Crippen molar-refractivity contribution in [2.45, 2.75) is 38.9 Å². The zero-order valence-corrected chi connectivity index (χ0v) is 14.6. The first-order chi connectivity index (χ1) is 10.8. The van der Waals surface area contributed by atoms with E-state index in [0.717, 1.165) is 38.1 Å².